The van der Waals surface area contributed by atoms with Gasteiger partial charge in [0.2, 0.25) is 0 Å². The first-order valence-corrected chi connectivity index (χ1v) is 7.35. The molecule has 2 rings (SSSR count). The van der Waals surface area contributed by atoms with Gasteiger partial charge in [-0.25, -0.2) is 14.4 Å². The van der Waals surface area contributed by atoms with E-state index in [-0.39, 0.29) is 11.6 Å². The van der Waals surface area contributed by atoms with Crippen molar-refractivity contribution in [2.75, 3.05) is 5.75 Å². The highest BCUT2D eigenvalue weighted by atomic mass is 32.2. The average Bonchev–Trinajstić information content (AvgIpc) is 2.44. The number of Topliss-reactive ketones (excluding diaryl/α,β-unsaturated/α-hetero) is 1. The zero-order valence-electron chi connectivity index (χ0n) is 11.2. The lowest BCUT2D eigenvalue weighted by Crippen LogP contribution is -2.00. The van der Waals surface area contributed by atoms with E-state index in [0.29, 0.717) is 12.0 Å². The van der Waals surface area contributed by atoms with Crippen LogP contribution in [0, 0.1) is 12.7 Å². The number of aryl methyl sites for hydroxylation is 1. The Bertz CT molecular complexity index is 587. The van der Waals surface area contributed by atoms with E-state index in [1.54, 1.807) is 6.20 Å². The van der Waals surface area contributed by atoms with Crippen molar-refractivity contribution in [2.45, 2.75) is 24.9 Å². The molecular formula is C15H15FN2OS. The monoisotopic (exact) mass is 290 g/mol. The number of benzene rings is 1. The summed E-state index contributed by atoms with van der Waals surface area (Å²) in [6, 6.07) is 7.51. The highest BCUT2D eigenvalue weighted by molar-refractivity contribution is 7.99. The van der Waals surface area contributed by atoms with Crippen molar-refractivity contribution in [3.8, 4) is 0 Å². The fraction of sp³-hybridized carbons (Fsp3) is 0.267. The van der Waals surface area contributed by atoms with Crippen LogP contribution in [0.25, 0.3) is 0 Å². The van der Waals surface area contributed by atoms with Gasteiger partial charge in [-0.15, -0.1) is 0 Å². The molecule has 1 aromatic heterocycles. The molecule has 0 bridgehead atoms. The molecule has 0 fully saturated rings. The van der Waals surface area contributed by atoms with Crippen molar-refractivity contribution < 1.29 is 9.18 Å². The predicted octanol–water partition coefficient (Wildman–Crippen LogP) is 3.68. The lowest BCUT2D eigenvalue weighted by Gasteiger charge is -2.02. The van der Waals surface area contributed by atoms with Gasteiger partial charge in [-0.3, -0.25) is 4.79 Å². The highest BCUT2D eigenvalue weighted by Crippen LogP contribution is 2.15. The Morgan fingerprint density at radius 2 is 2.00 bits per heavy atom. The summed E-state index contributed by atoms with van der Waals surface area (Å²) in [6.07, 6.45) is 2.93. The molecule has 0 atom stereocenters. The van der Waals surface area contributed by atoms with Crippen LogP contribution in [0.15, 0.2) is 41.7 Å². The van der Waals surface area contributed by atoms with Crippen LogP contribution in [0.4, 0.5) is 4.39 Å². The van der Waals surface area contributed by atoms with E-state index in [0.717, 1.165) is 23.0 Å². The molecule has 2 aromatic rings. The molecule has 20 heavy (non-hydrogen) atoms. The molecule has 0 saturated carbocycles. The number of rotatable bonds is 6. The van der Waals surface area contributed by atoms with Crippen molar-refractivity contribution in [3.05, 3.63) is 53.6 Å². The van der Waals surface area contributed by atoms with E-state index in [1.807, 2.05) is 13.0 Å². The lowest BCUT2D eigenvalue weighted by molar-refractivity contribution is 0.0982. The molecule has 5 heteroatoms. The molecule has 0 aliphatic carbocycles. The van der Waals surface area contributed by atoms with Crippen molar-refractivity contribution in [2.24, 2.45) is 0 Å². The molecule has 0 N–H and O–H groups in total. The molecule has 3 nitrogen and oxygen atoms in total. The van der Waals surface area contributed by atoms with E-state index in [1.165, 1.54) is 36.0 Å². The quantitative estimate of drug-likeness (QED) is 0.352. The van der Waals surface area contributed by atoms with Gasteiger partial charge in [-0.1, -0.05) is 11.8 Å². The Kier molecular flexibility index (Phi) is 5.24. The molecular weight excluding hydrogens is 275 g/mol. The minimum atomic E-state index is -0.325. The van der Waals surface area contributed by atoms with E-state index in [9.17, 15) is 9.18 Å². The van der Waals surface area contributed by atoms with E-state index in [2.05, 4.69) is 9.97 Å². The van der Waals surface area contributed by atoms with Crippen LogP contribution in [0.2, 0.25) is 0 Å². The van der Waals surface area contributed by atoms with Gasteiger partial charge in [0.1, 0.15) is 5.82 Å². The second-order valence-electron chi connectivity index (χ2n) is 4.36. The number of ketones is 1. The van der Waals surface area contributed by atoms with Gasteiger partial charge in [0, 0.05) is 29.6 Å². The number of hydrogen-bond donors (Lipinski definition) is 0. The van der Waals surface area contributed by atoms with Crippen LogP contribution < -0.4 is 0 Å². The third-order valence-electron chi connectivity index (χ3n) is 2.72. The zero-order chi connectivity index (χ0) is 14.4. The Labute approximate surface area is 121 Å². The number of hydrogen-bond acceptors (Lipinski definition) is 4. The van der Waals surface area contributed by atoms with Crippen LogP contribution in [0.1, 0.15) is 28.9 Å². The van der Waals surface area contributed by atoms with Crippen LogP contribution in [0.3, 0.4) is 0 Å². The van der Waals surface area contributed by atoms with Crippen molar-refractivity contribution >= 4 is 17.5 Å². The summed E-state index contributed by atoms with van der Waals surface area (Å²) in [6.45, 7) is 1.92. The SMILES string of the molecule is Cc1ccnc(SCCCC(=O)c2ccc(F)cc2)n1. The largest absolute Gasteiger partial charge is 0.294 e. The predicted molar refractivity (Wildman–Crippen MR) is 77.5 cm³/mol. The highest BCUT2D eigenvalue weighted by Gasteiger charge is 2.06. The maximum atomic E-state index is 12.7. The Balaban J connectivity index is 1.76. The Morgan fingerprint density at radius 1 is 1.25 bits per heavy atom. The van der Waals surface area contributed by atoms with Crippen molar-refractivity contribution in [1.82, 2.24) is 9.97 Å². The molecule has 0 aliphatic rings. The number of nitrogens with zero attached hydrogens (tertiary/aromatic N) is 2. The van der Waals surface area contributed by atoms with E-state index < -0.39 is 0 Å². The molecule has 0 radical (unpaired) electrons. The first-order chi connectivity index (χ1) is 9.65. The summed E-state index contributed by atoms with van der Waals surface area (Å²) in [5.74, 6) is 0.501. The van der Waals surface area contributed by atoms with Crippen LogP contribution >= 0.6 is 11.8 Å². The third-order valence-corrected chi connectivity index (χ3v) is 3.67. The van der Waals surface area contributed by atoms with Gasteiger partial charge in [0.05, 0.1) is 0 Å². The topological polar surface area (TPSA) is 42.9 Å². The van der Waals surface area contributed by atoms with Gasteiger partial charge in [0.15, 0.2) is 10.9 Å². The van der Waals surface area contributed by atoms with Gasteiger partial charge < -0.3 is 0 Å². The van der Waals surface area contributed by atoms with Crippen LogP contribution in [-0.4, -0.2) is 21.5 Å². The zero-order valence-corrected chi connectivity index (χ0v) is 12.0. The number of carbonyl (C=O) groups excluding carboxylic acids is 1. The number of carbonyl (C=O) groups is 1. The van der Waals surface area contributed by atoms with Gasteiger partial charge in [0.25, 0.3) is 0 Å². The fourth-order valence-corrected chi connectivity index (χ4v) is 2.49. The summed E-state index contributed by atoms with van der Waals surface area (Å²) in [7, 11) is 0. The first kappa shape index (κ1) is 14.7. The molecule has 0 amide bonds. The Morgan fingerprint density at radius 3 is 2.70 bits per heavy atom. The van der Waals surface area contributed by atoms with Gasteiger partial charge >= 0.3 is 0 Å². The van der Waals surface area contributed by atoms with Crippen molar-refractivity contribution in [1.29, 1.82) is 0 Å². The molecule has 0 spiro atoms. The maximum absolute atomic E-state index is 12.7. The Hall–Kier alpha value is -1.75. The fourth-order valence-electron chi connectivity index (χ4n) is 1.67. The molecule has 0 aliphatic heterocycles. The first-order valence-electron chi connectivity index (χ1n) is 6.36. The average molecular weight is 290 g/mol. The number of thioether (sulfide) groups is 1. The molecule has 104 valence electrons. The van der Waals surface area contributed by atoms with Gasteiger partial charge in [-0.05, 0) is 43.7 Å². The molecule has 0 unspecified atom stereocenters. The normalized spacial score (nSPS) is 10.5. The number of aromatic nitrogens is 2. The van der Waals surface area contributed by atoms with Crippen LogP contribution in [-0.2, 0) is 0 Å². The van der Waals surface area contributed by atoms with Crippen molar-refractivity contribution in [3.63, 3.8) is 0 Å². The summed E-state index contributed by atoms with van der Waals surface area (Å²) < 4.78 is 12.7. The van der Waals surface area contributed by atoms with E-state index >= 15 is 0 Å². The minimum absolute atomic E-state index is 0.0377. The smallest absolute Gasteiger partial charge is 0.187 e. The third kappa shape index (κ3) is 4.42. The molecule has 1 aromatic carbocycles. The number of halogens is 1. The summed E-state index contributed by atoms with van der Waals surface area (Å²) >= 11 is 1.54. The standard InChI is InChI=1S/C15H15FN2OS/c1-11-8-9-17-15(18-11)20-10-2-3-14(19)12-4-6-13(16)7-5-12/h4-9H,2-3,10H2,1H3. The summed E-state index contributed by atoms with van der Waals surface area (Å²) in [5, 5.41) is 0.735. The molecule has 1 heterocycles. The van der Waals surface area contributed by atoms with Gasteiger partial charge in [-0.2, -0.15) is 0 Å². The summed E-state index contributed by atoms with van der Waals surface area (Å²) in [4.78, 5) is 20.3. The maximum Gasteiger partial charge on any atom is 0.187 e. The second-order valence-corrected chi connectivity index (χ2v) is 5.42. The lowest BCUT2D eigenvalue weighted by atomic mass is 10.1. The van der Waals surface area contributed by atoms with Crippen LogP contribution in [0.5, 0.6) is 0 Å². The minimum Gasteiger partial charge on any atom is -0.294 e. The molecule has 0 saturated heterocycles. The summed E-state index contributed by atoms with van der Waals surface area (Å²) in [5.41, 5.74) is 1.49. The van der Waals surface area contributed by atoms with E-state index in [4.69, 9.17) is 0 Å². The second kappa shape index (κ2) is 7.14.